The molecule has 0 bridgehead atoms. The van der Waals surface area contributed by atoms with Crippen LogP contribution in [-0.4, -0.2) is 41.3 Å². The van der Waals surface area contributed by atoms with Gasteiger partial charge in [-0.15, -0.1) is 0 Å². The molecule has 2 amide bonds. The first kappa shape index (κ1) is 17.2. The lowest BCUT2D eigenvalue weighted by Gasteiger charge is -2.31. The van der Waals surface area contributed by atoms with Crippen molar-refractivity contribution in [3.63, 3.8) is 0 Å². The highest BCUT2D eigenvalue weighted by atomic mass is 16.3. The van der Waals surface area contributed by atoms with E-state index in [2.05, 4.69) is 10.3 Å². The van der Waals surface area contributed by atoms with Gasteiger partial charge >= 0.3 is 0 Å². The molecule has 1 fully saturated rings. The van der Waals surface area contributed by atoms with Crippen LogP contribution >= 0.6 is 0 Å². The van der Waals surface area contributed by atoms with Gasteiger partial charge in [-0.2, -0.15) is 0 Å². The number of amides is 2. The topological polar surface area (TPSA) is 75.4 Å². The van der Waals surface area contributed by atoms with Crippen molar-refractivity contribution in [1.82, 2.24) is 15.2 Å². The third-order valence-electron chi connectivity index (χ3n) is 4.50. The maximum atomic E-state index is 12.4. The van der Waals surface area contributed by atoms with Gasteiger partial charge in [0.25, 0.3) is 5.91 Å². The molecule has 0 spiro atoms. The van der Waals surface area contributed by atoms with Gasteiger partial charge in [0.05, 0.1) is 0 Å². The van der Waals surface area contributed by atoms with Crippen molar-refractivity contribution in [2.24, 2.45) is 5.92 Å². The highest BCUT2D eigenvalue weighted by molar-refractivity contribution is 5.92. The van der Waals surface area contributed by atoms with E-state index in [1.807, 2.05) is 19.1 Å². The largest absolute Gasteiger partial charge is 0.466 e. The summed E-state index contributed by atoms with van der Waals surface area (Å²) in [5.74, 6) is 1.73. The van der Waals surface area contributed by atoms with Crippen molar-refractivity contribution in [3.05, 3.63) is 53.7 Å². The number of carbonyl (C=O) groups excluding carboxylic acids is 2. The Morgan fingerprint density at radius 2 is 2.04 bits per heavy atom. The molecule has 0 unspecified atom stereocenters. The number of aromatic nitrogens is 1. The molecule has 0 aromatic carbocycles. The summed E-state index contributed by atoms with van der Waals surface area (Å²) < 4.78 is 5.49. The Morgan fingerprint density at radius 3 is 2.68 bits per heavy atom. The van der Waals surface area contributed by atoms with E-state index in [-0.39, 0.29) is 17.7 Å². The van der Waals surface area contributed by atoms with E-state index in [4.69, 9.17) is 4.42 Å². The second-order valence-corrected chi connectivity index (χ2v) is 6.33. The van der Waals surface area contributed by atoms with Gasteiger partial charge in [-0.05, 0) is 44.0 Å². The number of nitrogens with zero attached hydrogens (tertiary/aromatic N) is 2. The molecule has 25 heavy (non-hydrogen) atoms. The fraction of sp³-hybridized carbons (Fsp3) is 0.421. The zero-order valence-corrected chi connectivity index (χ0v) is 14.4. The average molecular weight is 341 g/mol. The number of hydrogen-bond acceptors (Lipinski definition) is 4. The molecule has 0 radical (unpaired) electrons. The zero-order chi connectivity index (χ0) is 17.6. The lowest BCUT2D eigenvalue weighted by molar-refractivity contribution is -0.126. The van der Waals surface area contributed by atoms with Crippen LogP contribution in [0.4, 0.5) is 0 Å². The summed E-state index contributed by atoms with van der Waals surface area (Å²) in [5, 5.41) is 2.97. The first-order valence-corrected chi connectivity index (χ1v) is 8.67. The van der Waals surface area contributed by atoms with Gasteiger partial charge in [0, 0.05) is 38.2 Å². The molecule has 6 nitrogen and oxygen atoms in total. The Hall–Kier alpha value is -2.63. The van der Waals surface area contributed by atoms with Crippen LogP contribution in [0.1, 0.15) is 34.9 Å². The second kappa shape index (κ2) is 7.96. The number of pyridine rings is 1. The van der Waals surface area contributed by atoms with E-state index in [9.17, 15) is 9.59 Å². The Kier molecular flexibility index (Phi) is 5.48. The number of hydrogen-bond donors (Lipinski definition) is 1. The van der Waals surface area contributed by atoms with E-state index in [0.29, 0.717) is 44.6 Å². The molecular weight excluding hydrogens is 318 g/mol. The molecule has 1 saturated heterocycles. The van der Waals surface area contributed by atoms with Crippen molar-refractivity contribution in [3.8, 4) is 0 Å². The minimum atomic E-state index is -0.0624. The molecule has 0 aliphatic carbocycles. The van der Waals surface area contributed by atoms with Gasteiger partial charge in [0.15, 0.2) is 0 Å². The Bertz CT molecular complexity index is 719. The molecule has 3 heterocycles. The summed E-state index contributed by atoms with van der Waals surface area (Å²) in [5.41, 5.74) is 0.458. The monoisotopic (exact) mass is 341 g/mol. The summed E-state index contributed by atoms with van der Waals surface area (Å²) in [7, 11) is 0. The van der Waals surface area contributed by atoms with Crippen LogP contribution in [-0.2, 0) is 11.2 Å². The average Bonchev–Trinajstić information content (AvgIpc) is 3.07. The highest BCUT2D eigenvalue weighted by Gasteiger charge is 2.28. The third kappa shape index (κ3) is 4.47. The number of rotatable bonds is 5. The van der Waals surface area contributed by atoms with Gasteiger partial charge < -0.3 is 14.6 Å². The van der Waals surface area contributed by atoms with E-state index >= 15 is 0 Å². The number of likely N-dealkylation sites (tertiary alicyclic amines) is 1. The van der Waals surface area contributed by atoms with Crippen LogP contribution < -0.4 is 5.32 Å². The van der Waals surface area contributed by atoms with Crippen LogP contribution in [0, 0.1) is 12.8 Å². The normalized spacial score (nSPS) is 15.2. The van der Waals surface area contributed by atoms with Crippen molar-refractivity contribution in [1.29, 1.82) is 0 Å². The Labute approximate surface area is 147 Å². The van der Waals surface area contributed by atoms with Crippen molar-refractivity contribution < 1.29 is 14.0 Å². The SMILES string of the molecule is Cc1ccc(CCNC(=O)C2CCN(C(=O)c3ccccn3)CC2)o1. The molecule has 0 saturated carbocycles. The first-order chi connectivity index (χ1) is 12.1. The van der Waals surface area contributed by atoms with E-state index < -0.39 is 0 Å². The fourth-order valence-electron chi connectivity index (χ4n) is 3.07. The summed E-state index contributed by atoms with van der Waals surface area (Å²) in [4.78, 5) is 30.5. The predicted molar refractivity (Wildman–Crippen MR) is 93.0 cm³/mol. The lowest BCUT2D eigenvalue weighted by atomic mass is 9.95. The van der Waals surface area contributed by atoms with Crippen LogP contribution in [0.5, 0.6) is 0 Å². The minimum absolute atomic E-state index is 0.0360. The summed E-state index contributed by atoms with van der Waals surface area (Å²) in [6, 6.07) is 9.17. The van der Waals surface area contributed by atoms with Crippen LogP contribution in [0.15, 0.2) is 40.9 Å². The number of aryl methyl sites for hydroxylation is 1. The molecule has 2 aromatic heterocycles. The summed E-state index contributed by atoms with van der Waals surface area (Å²) in [6.07, 6.45) is 3.68. The van der Waals surface area contributed by atoms with Crippen LogP contribution in [0.25, 0.3) is 0 Å². The molecule has 6 heteroatoms. The summed E-state index contributed by atoms with van der Waals surface area (Å²) >= 11 is 0. The van der Waals surface area contributed by atoms with Gasteiger partial charge in [-0.3, -0.25) is 14.6 Å². The van der Waals surface area contributed by atoms with Crippen LogP contribution in [0.2, 0.25) is 0 Å². The van der Waals surface area contributed by atoms with Gasteiger partial charge in [-0.25, -0.2) is 0 Å². The quantitative estimate of drug-likeness (QED) is 0.904. The molecule has 1 aliphatic rings. The molecule has 2 aromatic rings. The van der Waals surface area contributed by atoms with Crippen LogP contribution in [0.3, 0.4) is 0 Å². The lowest BCUT2D eigenvalue weighted by Crippen LogP contribution is -2.43. The van der Waals surface area contributed by atoms with E-state index in [0.717, 1.165) is 11.5 Å². The highest BCUT2D eigenvalue weighted by Crippen LogP contribution is 2.19. The number of furan rings is 1. The molecule has 3 rings (SSSR count). The number of piperidine rings is 1. The van der Waals surface area contributed by atoms with Crippen molar-refractivity contribution in [2.45, 2.75) is 26.2 Å². The standard InChI is InChI=1S/C19H23N3O3/c1-14-5-6-16(25-14)7-11-21-18(23)15-8-12-22(13-9-15)19(24)17-4-2-3-10-20-17/h2-6,10,15H,7-9,11-13H2,1H3,(H,21,23). The molecule has 1 aliphatic heterocycles. The fourth-order valence-corrected chi connectivity index (χ4v) is 3.07. The molecule has 132 valence electrons. The maximum Gasteiger partial charge on any atom is 0.272 e. The second-order valence-electron chi connectivity index (χ2n) is 6.33. The van der Waals surface area contributed by atoms with Gasteiger partial charge in [-0.1, -0.05) is 6.07 Å². The van der Waals surface area contributed by atoms with Crippen molar-refractivity contribution in [2.75, 3.05) is 19.6 Å². The Balaban J connectivity index is 1.42. The van der Waals surface area contributed by atoms with Gasteiger partial charge in [0.1, 0.15) is 17.2 Å². The van der Waals surface area contributed by atoms with E-state index in [1.165, 1.54) is 0 Å². The van der Waals surface area contributed by atoms with E-state index in [1.54, 1.807) is 29.3 Å². The molecular formula is C19H23N3O3. The van der Waals surface area contributed by atoms with Gasteiger partial charge in [0.2, 0.25) is 5.91 Å². The number of carbonyl (C=O) groups is 2. The smallest absolute Gasteiger partial charge is 0.272 e. The minimum Gasteiger partial charge on any atom is -0.466 e. The maximum absolute atomic E-state index is 12.4. The summed E-state index contributed by atoms with van der Waals surface area (Å²) in [6.45, 7) is 3.65. The predicted octanol–water partition coefficient (Wildman–Crippen LogP) is 2.19. The van der Waals surface area contributed by atoms with Crippen molar-refractivity contribution >= 4 is 11.8 Å². The Morgan fingerprint density at radius 1 is 1.24 bits per heavy atom. The molecule has 0 atom stereocenters. The number of nitrogens with one attached hydrogen (secondary N) is 1. The zero-order valence-electron chi connectivity index (χ0n) is 14.4. The molecule has 1 N–H and O–H groups in total. The third-order valence-corrected chi connectivity index (χ3v) is 4.50. The first-order valence-electron chi connectivity index (χ1n) is 8.67.